The van der Waals surface area contributed by atoms with Gasteiger partial charge in [0.25, 0.3) is 5.88 Å². The minimum Gasteiger partial charge on any atom is -0.497 e. The number of fused-ring (bicyclic) bond motifs is 1. The van der Waals surface area contributed by atoms with Crippen LogP contribution < -0.4 is 19.7 Å². The number of aromatic nitrogens is 2. The molecule has 1 aliphatic heterocycles. The molecule has 0 spiro atoms. The number of carbonyl (C=O) groups excluding carboxylic acids is 1. The van der Waals surface area contributed by atoms with E-state index in [2.05, 4.69) is 20.2 Å². The number of rotatable bonds is 4. The van der Waals surface area contributed by atoms with Crippen molar-refractivity contribution in [2.24, 2.45) is 0 Å². The fraction of sp³-hybridized carbons (Fsp3) is 0.286. The molecule has 3 aromatic rings. The highest BCUT2D eigenvalue weighted by Crippen LogP contribution is 2.26. The highest BCUT2D eigenvalue weighted by molar-refractivity contribution is 5.91. The molecular formula is C21H22FN5O3. The summed E-state index contributed by atoms with van der Waals surface area (Å²) in [6.07, 6.45) is 0. The lowest BCUT2D eigenvalue weighted by Crippen LogP contribution is -2.50. The third kappa shape index (κ3) is 4.05. The van der Waals surface area contributed by atoms with E-state index in [1.54, 1.807) is 42.3 Å². The summed E-state index contributed by atoms with van der Waals surface area (Å²) in [6, 6.07) is 11.4. The van der Waals surface area contributed by atoms with Crippen LogP contribution in [0.5, 0.6) is 11.6 Å². The molecule has 4 rings (SSSR count). The summed E-state index contributed by atoms with van der Waals surface area (Å²) >= 11 is 0. The van der Waals surface area contributed by atoms with E-state index in [-0.39, 0.29) is 23.5 Å². The Morgan fingerprint density at radius 1 is 0.967 bits per heavy atom. The second-order valence-electron chi connectivity index (χ2n) is 6.82. The number of benzene rings is 2. The van der Waals surface area contributed by atoms with Crippen molar-refractivity contribution in [3.05, 3.63) is 48.3 Å². The van der Waals surface area contributed by atoms with Crippen molar-refractivity contribution < 1.29 is 18.7 Å². The van der Waals surface area contributed by atoms with Crippen molar-refractivity contribution in [1.82, 2.24) is 14.9 Å². The van der Waals surface area contributed by atoms with Gasteiger partial charge in [0, 0.05) is 37.9 Å². The molecule has 0 radical (unpaired) electrons. The Hall–Kier alpha value is -3.62. The summed E-state index contributed by atoms with van der Waals surface area (Å²) in [6.45, 7) is 2.37. The van der Waals surface area contributed by atoms with E-state index in [9.17, 15) is 9.18 Å². The number of halogens is 1. The smallest absolute Gasteiger partial charge is 0.323 e. The molecule has 8 nitrogen and oxygen atoms in total. The number of carbonyl (C=O) groups is 1. The maximum Gasteiger partial charge on any atom is 0.323 e. The number of nitrogens with zero attached hydrogens (tertiary/aromatic N) is 4. The summed E-state index contributed by atoms with van der Waals surface area (Å²) in [5, 5.41) is 2.80. The minimum atomic E-state index is -0.269. The first-order valence-electron chi connectivity index (χ1n) is 9.53. The number of hydrogen-bond acceptors (Lipinski definition) is 6. The maximum absolute atomic E-state index is 13.1. The Morgan fingerprint density at radius 2 is 1.70 bits per heavy atom. The van der Waals surface area contributed by atoms with Crippen molar-refractivity contribution in [2.75, 3.05) is 50.6 Å². The molecule has 1 aromatic heterocycles. The van der Waals surface area contributed by atoms with Crippen molar-refractivity contribution in [2.45, 2.75) is 0 Å². The van der Waals surface area contributed by atoms with E-state index in [1.165, 1.54) is 19.2 Å². The first kappa shape index (κ1) is 19.7. The predicted octanol–water partition coefficient (Wildman–Crippen LogP) is 3.14. The van der Waals surface area contributed by atoms with E-state index in [0.29, 0.717) is 43.0 Å². The number of amides is 2. The lowest BCUT2D eigenvalue weighted by Gasteiger charge is -2.36. The molecule has 1 N–H and O–H groups in total. The maximum atomic E-state index is 13.1. The van der Waals surface area contributed by atoms with E-state index in [0.717, 1.165) is 5.69 Å². The van der Waals surface area contributed by atoms with Gasteiger partial charge >= 0.3 is 6.03 Å². The van der Waals surface area contributed by atoms with Crippen LogP contribution in [0.2, 0.25) is 0 Å². The molecule has 30 heavy (non-hydrogen) atoms. The second kappa shape index (κ2) is 8.40. The van der Waals surface area contributed by atoms with Crippen LogP contribution in [0.15, 0.2) is 42.5 Å². The van der Waals surface area contributed by atoms with Gasteiger partial charge < -0.3 is 19.3 Å². The van der Waals surface area contributed by atoms with Gasteiger partial charge in [-0.2, -0.15) is 0 Å². The molecule has 0 atom stereocenters. The molecule has 0 unspecified atom stereocenters. The number of anilines is 2. The fourth-order valence-electron chi connectivity index (χ4n) is 3.37. The van der Waals surface area contributed by atoms with Gasteiger partial charge in [0.05, 0.1) is 25.3 Å². The topological polar surface area (TPSA) is 79.8 Å². The SMILES string of the molecule is COc1ccc2nc(NC(=O)N3CCN(c4ccc(F)cc4)CC3)c(OC)nc2c1. The van der Waals surface area contributed by atoms with Crippen LogP contribution in [0, 0.1) is 5.82 Å². The zero-order chi connectivity index (χ0) is 21.1. The van der Waals surface area contributed by atoms with Gasteiger partial charge in [-0.25, -0.2) is 19.2 Å². The monoisotopic (exact) mass is 411 g/mol. The molecule has 0 bridgehead atoms. The molecule has 9 heteroatoms. The van der Waals surface area contributed by atoms with Crippen molar-refractivity contribution in [3.63, 3.8) is 0 Å². The molecule has 1 aliphatic rings. The number of methoxy groups -OCH3 is 2. The van der Waals surface area contributed by atoms with Gasteiger partial charge in [0.2, 0.25) is 0 Å². The number of urea groups is 1. The number of piperazine rings is 1. The standard InChI is InChI=1S/C21H22FN5O3/c1-29-16-7-8-17-18(13-16)24-20(30-2)19(23-17)25-21(28)27-11-9-26(10-12-27)15-5-3-14(22)4-6-15/h3-8,13H,9-12H2,1-2H3,(H,23,25,28). The number of hydrogen-bond donors (Lipinski definition) is 1. The van der Waals surface area contributed by atoms with Gasteiger partial charge in [-0.15, -0.1) is 0 Å². The molecule has 1 fully saturated rings. The number of nitrogens with one attached hydrogen (secondary N) is 1. The minimum absolute atomic E-state index is 0.231. The quantitative estimate of drug-likeness (QED) is 0.711. The third-order valence-corrected chi connectivity index (χ3v) is 5.02. The zero-order valence-corrected chi connectivity index (χ0v) is 16.8. The van der Waals surface area contributed by atoms with Crippen molar-refractivity contribution in [3.8, 4) is 11.6 Å². The molecule has 0 saturated carbocycles. The van der Waals surface area contributed by atoms with Crippen LogP contribution >= 0.6 is 0 Å². The lowest BCUT2D eigenvalue weighted by atomic mass is 10.2. The van der Waals surface area contributed by atoms with Crippen LogP contribution in [0.1, 0.15) is 0 Å². The first-order chi connectivity index (χ1) is 14.6. The number of ether oxygens (including phenoxy) is 2. The summed E-state index contributed by atoms with van der Waals surface area (Å²) in [7, 11) is 3.06. The van der Waals surface area contributed by atoms with E-state index in [1.807, 2.05) is 0 Å². The van der Waals surface area contributed by atoms with Gasteiger partial charge in [-0.3, -0.25) is 5.32 Å². The molecule has 0 aliphatic carbocycles. The Bertz CT molecular complexity index is 1050. The van der Waals surface area contributed by atoms with Crippen molar-refractivity contribution in [1.29, 1.82) is 0 Å². The first-order valence-corrected chi connectivity index (χ1v) is 9.53. The van der Waals surface area contributed by atoms with Gasteiger partial charge in [0.15, 0.2) is 5.82 Å². The summed E-state index contributed by atoms with van der Waals surface area (Å²) in [5.41, 5.74) is 2.17. The molecule has 2 heterocycles. The van der Waals surface area contributed by atoms with Crippen LogP contribution in [0.3, 0.4) is 0 Å². The molecular weight excluding hydrogens is 389 g/mol. The van der Waals surface area contributed by atoms with Crippen LogP contribution in [-0.2, 0) is 0 Å². The zero-order valence-electron chi connectivity index (χ0n) is 16.8. The van der Waals surface area contributed by atoms with E-state index >= 15 is 0 Å². The average molecular weight is 411 g/mol. The van der Waals surface area contributed by atoms with Gasteiger partial charge in [-0.1, -0.05) is 0 Å². The third-order valence-electron chi connectivity index (χ3n) is 5.02. The second-order valence-corrected chi connectivity index (χ2v) is 6.82. The van der Waals surface area contributed by atoms with Crippen LogP contribution in [-0.4, -0.2) is 61.3 Å². The Balaban J connectivity index is 1.45. The van der Waals surface area contributed by atoms with E-state index in [4.69, 9.17) is 9.47 Å². The summed E-state index contributed by atoms with van der Waals surface area (Å²) in [5.74, 6) is 0.894. The Morgan fingerprint density at radius 3 is 2.37 bits per heavy atom. The fourth-order valence-corrected chi connectivity index (χ4v) is 3.37. The van der Waals surface area contributed by atoms with Crippen LogP contribution in [0.25, 0.3) is 11.0 Å². The molecule has 156 valence electrons. The molecule has 1 saturated heterocycles. The normalized spacial score (nSPS) is 14.0. The van der Waals surface area contributed by atoms with Gasteiger partial charge in [-0.05, 0) is 36.4 Å². The summed E-state index contributed by atoms with van der Waals surface area (Å²) in [4.78, 5) is 25.5. The average Bonchev–Trinajstić information content (AvgIpc) is 2.79. The molecule has 2 amide bonds. The van der Waals surface area contributed by atoms with Gasteiger partial charge in [0.1, 0.15) is 11.6 Å². The molecule has 2 aromatic carbocycles. The largest absolute Gasteiger partial charge is 0.497 e. The van der Waals surface area contributed by atoms with E-state index < -0.39 is 0 Å². The van der Waals surface area contributed by atoms with Crippen LogP contribution in [0.4, 0.5) is 20.7 Å². The van der Waals surface area contributed by atoms with Crippen molar-refractivity contribution >= 4 is 28.6 Å². The highest BCUT2D eigenvalue weighted by Gasteiger charge is 2.23. The lowest BCUT2D eigenvalue weighted by molar-refractivity contribution is 0.208. The Kier molecular flexibility index (Phi) is 5.51. The highest BCUT2D eigenvalue weighted by atomic mass is 19.1. The Labute approximate surface area is 173 Å². The predicted molar refractivity (Wildman–Crippen MR) is 112 cm³/mol. The summed E-state index contributed by atoms with van der Waals surface area (Å²) < 4.78 is 23.6.